The number of phenols is 1. The van der Waals surface area contributed by atoms with E-state index in [9.17, 15) is 18.7 Å². The summed E-state index contributed by atoms with van der Waals surface area (Å²) in [6.45, 7) is 1.97. The largest absolute Gasteiger partial charge is 0.504 e. The molecule has 0 atom stereocenters. The minimum Gasteiger partial charge on any atom is -0.504 e. The Morgan fingerprint density at radius 2 is 1.67 bits per heavy atom. The molecule has 36 heavy (non-hydrogen) atoms. The molecule has 0 radical (unpaired) electrons. The van der Waals surface area contributed by atoms with Crippen molar-refractivity contribution in [3.63, 3.8) is 0 Å². The molecule has 0 saturated carbocycles. The molecule has 0 amide bonds. The second-order valence-electron chi connectivity index (χ2n) is 8.40. The van der Waals surface area contributed by atoms with E-state index in [1.54, 1.807) is 30.3 Å². The Balaban J connectivity index is 1.79. The molecular weight excluding hydrogens is 505 g/mol. The zero-order valence-electron chi connectivity index (χ0n) is 19.6. The molecule has 4 aromatic rings. The number of rotatable bonds is 8. The van der Waals surface area contributed by atoms with Crippen molar-refractivity contribution in [2.75, 3.05) is 0 Å². The molecule has 1 heterocycles. The van der Waals surface area contributed by atoms with Crippen LogP contribution in [-0.4, -0.2) is 14.7 Å². The molecule has 0 spiro atoms. The second kappa shape index (κ2) is 11.2. The van der Waals surface area contributed by atoms with Gasteiger partial charge in [0.1, 0.15) is 11.6 Å². The number of hydrogen-bond donors (Lipinski definition) is 1. The molecule has 1 aromatic heterocycles. The number of phenolic OH excluding ortho intramolecular Hbond substituents is 1. The normalized spacial score (nSPS) is 11.1. The maximum Gasteiger partial charge on any atom is 0.257 e. The Morgan fingerprint density at radius 3 is 2.39 bits per heavy atom. The van der Waals surface area contributed by atoms with Gasteiger partial charge in [-0.25, -0.2) is 13.8 Å². The maximum atomic E-state index is 14.2. The standard InChI is InChI=1S/C28H24Cl2F2N2O2/c1-2-19-25(13-11-17-10-12-21(29)22(30)16-17)33-27(20-7-5-9-24(32)26(20)35)34(28(19)36)15-14-18-6-3-4-8-23(18)31/h3-10,12,16,35H,2,11,13-15H2,1H3. The Kier molecular flexibility index (Phi) is 8.07. The highest BCUT2D eigenvalue weighted by Crippen LogP contribution is 2.31. The first-order valence-corrected chi connectivity index (χ1v) is 12.3. The van der Waals surface area contributed by atoms with E-state index in [4.69, 9.17) is 28.2 Å². The summed E-state index contributed by atoms with van der Waals surface area (Å²) in [5, 5.41) is 11.3. The van der Waals surface area contributed by atoms with Crippen molar-refractivity contribution in [2.45, 2.75) is 39.2 Å². The third-order valence-corrected chi connectivity index (χ3v) is 6.87. The Hall–Kier alpha value is -3.22. The Morgan fingerprint density at radius 1 is 0.917 bits per heavy atom. The van der Waals surface area contributed by atoms with E-state index in [2.05, 4.69) is 0 Å². The molecule has 4 rings (SSSR count). The monoisotopic (exact) mass is 528 g/mol. The summed E-state index contributed by atoms with van der Waals surface area (Å²) in [7, 11) is 0. The molecule has 4 nitrogen and oxygen atoms in total. The molecule has 186 valence electrons. The highest BCUT2D eigenvalue weighted by molar-refractivity contribution is 6.42. The zero-order valence-corrected chi connectivity index (χ0v) is 21.1. The first-order valence-electron chi connectivity index (χ1n) is 11.6. The van der Waals surface area contributed by atoms with Crippen LogP contribution in [0.25, 0.3) is 11.4 Å². The van der Waals surface area contributed by atoms with Gasteiger partial charge in [0.05, 0.1) is 21.3 Å². The van der Waals surface area contributed by atoms with E-state index in [-0.39, 0.29) is 35.7 Å². The van der Waals surface area contributed by atoms with E-state index >= 15 is 0 Å². The van der Waals surface area contributed by atoms with E-state index < -0.39 is 11.6 Å². The van der Waals surface area contributed by atoms with Gasteiger partial charge in [-0.05, 0) is 67.1 Å². The molecule has 0 aliphatic carbocycles. The number of halogens is 4. The highest BCUT2D eigenvalue weighted by Gasteiger charge is 2.20. The number of aromatic hydroxyl groups is 1. The van der Waals surface area contributed by atoms with Crippen LogP contribution in [-0.2, 0) is 32.2 Å². The molecule has 0 aliphatic heterocycles. The SMILES string of the molecule is CCc1c(CCc2ccc(Cl)c(Cl)c2)nc(-c2cccc(F)c2O)n(CCc2ccccc2F)c1=O. The molecule has 0 aliphatic rings. The van der Waals surface area contributed by atoms with Crippen LogP contribution < -0.4 is 5.56 Å². The van der Waals surface area contributed by atoms with Gasteiger partial charge in [0.25, 0.3) is 5.56 Å². The number of benzene rings is 3. The minimum absolute atomic E-state index is 0.0964. The van der Waals surface area contributed by atoms with Gasteiger partial charge < -0.3 is 5.11 Å². The molecule has 0 bridgehead atoms. The summed E-state index contributed by atoms with van der Waals surface area (Å²) in [6, 6.07) is 15.8. The van der Waals surface area contributed by atoms with Crippen LogP contribution in [0.4, 0.5) is 8.78 Å². The highest BCUT2D eigenvalue weighted by atomic mass is 35.5. The fraction of sp³-hybridized carbons (Fsp3) is 0.214. The summed E-state index contributed by atoms with van der Waals surface area (Å²) < 4.78 is 29.9. The number of aryl methyl sites for hydroxylation is 3. The lowest BCUT2D eigenvalue weighted by Crippen LogP contribution is -2.29. The number of aromatic nitrogens is 2. The molecule has 0 saturated heterocycles. The lowest BCUT2D eigenvalue weighted by Gasteiger charge is -2.18. The van der Waals surface area contributed by atoms with Crippen LogP contribution in [0.15, 0.2) is 65.5 Å². The van der Waals surface area contributed by atoms with Crippen molar-refractivity contribution in [1.29, 1.82) is 0 Å². The van der Waals surface area contributed by atoms with Gasteiger partial charge in [-0.1, -0.05) is 60.5 Å². The Labute approximate surface area is 217 Å². The van der Waals surface area contributed by atoms with Gasteiger partial charge in [0.2, 0.25) is 0 Å². The molecular formula is C28H24Cl2F2N2O2. The number of hydrogen-bond acceptors (Lipinski definition) is 3. The molecule has 3 aromatic carbocycles. The van der Waals surface area contributed by atoms with Gasteiger partial charge in [-0.2, -0.15) is 0 Å². The third kappa shape index (κ3) is 5.45. The summed E-state index contributed by atoms with van der Waals surface area (Å²) in [4.78, 5) is 18.4. The summed E-state index contributed by atoms with van der Waals surface area (Å²) >= 11 is 12.2. The summed E-state index contributed by atoms with van der Waals surface area (Å²) in [5.74, 6) is -1.65. The smallest absolute Gasteiger partial charge is 0.257 e. The zero-order chi connectivity index (χ0) is 25.8. The van der Waals surface area contributed by atoms with Crippen LogP contribution in [0.5, 0.6) is 5.75 Å². The van der Waals surface area contributed by atoms with Crippen LogP contribution in [0.3, 0.4) is 0 Å². The average Bonchev–Trinajstić information content (AvgIpc) is 2.86. The molecule has 1 N–H and O–H groups in total. The maximum absolute atomic E-state index is 14.2. The van der Waals surface area contributed by atoms with Crippen molar-refractivity contribution >= 4 is 23.2 Å². The predicted octanol–water partition coefficient (Wildman–Crippen LogP) is 6.79. The fourth-order valence-corrected chi connectivity index (χ4v) is 4.52. The quantitative estimate of drug-likeness (QED) is 0.274. The van der Waals surface area contributed by atoms with E-state index in [1.165, 1.54) is 22.8 Å². The topological polar surface area (TPSA) is 55.1 Å². The third-order valence-electron chi connectivity index (χ3n) is 6.13. The first kappa shape index (κ1) is 25.9. The lowest BCUT2D eigenvalue weighted by molar-refractivity contribution is 0.433. The van der Waals surface area contributed by atoms with E-state index in [0.29, 0.717) is 46.1 Å². The molecule has 0 fully saturated rings. The van der Waals surface area contributed by atoms with Crippen molar-refractivity contribution in [2.24, 2.45) is 0 Å². The second-order valence-corrected chi connectivity index (χ2v) is 9.21. The Bertz CT molecular complexity index is 1470. The minimum atomic E-state index is -0.820. The van der Waals surface area contributed by atoms with Crippen LogP contribution >= 0.6 is 23.2 Å². The number of para-hydroxylation sites is 1. The van der Waals surface area contributed by atoms with Gasteiger partial charge in [0, 0.05) is 12.1 Å². The van der Waals surface area contributed by atoms with Crippen LogP contribution in [0.1, 0.15) is 29.3 Å². The lowest BCUT2D eigenvalue weighted by atomic mass is 10.0. The van der Waals surface area contributed by atoms with Crippen molar-refractivity contribution in [3.05, 3.63) is 115 Å². The summed E-state index contributed by atoms with van der Waals surface area (Å²) in [5.41, 5.74) is 2.23. The summed E-state index contributed by atoms with van der Waals surface area (Å²) in [6.07, 6.45) is 1.62. The van der Waals surface area contributed by atoms with Gasteiger partial charge in [-0.15, -0.1) is 0 Å². The molecule has 0 unspecified atom stereocenters. The predicted molar refractivity (Wildman–Crippen MR) is 139 cm³/mol. The fourth-order valence-electron chi connectivity index (χ4n) is 4.20. The van der Waals surface area contributed by atoms with Crippen molar-refractivity contribution < 1.29 is 13.9 Å². The first-order chi connectivity index (χ1) is 17.3. The van der Waals surface area contributed by atoms with E-state index in [0.717, 1.165) is 11.6 Å². The van der Waals surface area contributed by atoms with E-state index in [1.807, 2.05) is 13.0 Å². The van der Waals surface area contributed by atoms with Gasteiger partial charge >= 0.3 is 0 Å². The molecule has 8 heteroatoms. The van der Waals surface area contributed by atoms with Crippen LogP contribution in [0, 0.1) is 11.6 Å². The average molecular weight is 529 g/mol. The van der Waals surface area contributed by atoms with Crippen LogP contribution in [0.2, 0.25) is 10.0 Å². The van der Waals surface area contributed by atoms with Gasteiger partial charge in [-0.3, -0.25) is 9.36 Å². The number of nitrogens with zero attached hydrogens (tertiary/aromatic N) is 2. The van der Waals surface area contributed by atoms with Gasteiger partial charge in [0.15, 0.2) is 11.6 Å². The van der Waals surface area contributed by atoms with Crippen molar-refractivity contribution in [1.82, 2.24) is 9.55 Å². The van der Waals surface area contributed by atoms with Crippen molar-refractivity contribution in [3.8, 4) is 17.1 Å².